The van der Waals surface area contributed by atoms with E-state index < -0.39 is 35.8 Å². The molecule has 0 amide bonds. The number of nitrogens with two attached hydrogens (primary N) is 1. The van der Waals surface area contributed by atoms with Crippen LogP contribution in [0.5, 0.6) is 0 Å². The molecule has 2 aromatic carbocycles. The molecule has 1 heterocycles. The Morgan fingerprint density at radius 1 is 0.923 bits per heavy atom. The first-order valence-electron chi connectivity index (χ1n) is 8.17. The van der Waals surface area contributed by atoms with Gasteiger partial charge in [-0.3, -0.25) is 0 Å². The Morgan fingerprint density at radius 3 is 2.12 bits per heavy atom. The predicted molar refractivity (Wildman–Crippen MR) is 96.2 cm³/mol. The summed E-state index contributed by atoms with van der Waals surface area (Å²) in [6.07, 6.45) is 0. The zero-order valence-corrected chi connectivity index (χ0v) is 15.0. The van der Waals surface area contributed by atoms with E-state index in [2.05, 4.69) is 5.32 Å². The average Bonchev–Trinajstić information content (AvgIpc) is 2.72. The van der Waals surface area contributed by atoms with Crippen LogP contribution in [0.1, 0.15) is 27.7 Å². The second-order valence-electron chi connectivity index (χ2n) is 7.30. The minimum absolute atomic E-state index is 0.0387. The van der Waals surface area contributed by atoms with Crippen molar-refractivity contribution in [2.75, 3.05) is 11.1 Å². The van der Waals surface area contributed by atoms with Crippen molar-refractivity contribution in [1.29, 1.82) is 0 Å². The Labute approximate surface area is 150 Å². The first-order valence-corrected chi connectivity index (χ1v) is 8.17. The molecule has 0 bridgehead atoms. The molecule has 2 aromatic rings. The van der Waals surface area contributed by atoms with Crippen LogP contribution in [0.2, 0.25) is 0 Å². The van der Waals surface area contributed by atoms with Gasteiger partial charge in [-0.1, -0.05) is 0 Å². The topological polar surface area (TPSA) is 56.5 Å². The molecule has 3 rings (SSSR count). The molecule has 138 valence electrons. The summed E-state index contributed by atoms with van der Waals surface area (Å²) in [5.41, 5.74) is 4.85. The van der Waals surface area contributed by atoms with Crippen LogP contribution in [-0.2, 0) is 9.31 Å². The molecule has 0 radical (unpaired) electrons. The second kappa shape index (κ2) is 6.21. The molecule has 0 unspecified atom stereocenters. The van der Waals surface area contributed by atoms with Crippen LogP contribution in [0.3, 0.4) is 0 Å². The number of halogens is 3. The summed E-state index contributed by atoms with van der Waals surface area (Å²) < 4.78 is 53.6. The zero-order valence-electron chi connectivity index (χ0n) is 15.0. The SMILES string of the molecule is CC1(C)OB(c2cc(N)cc(F)c2Nc2ccc(F)cc2F)OC1(C)C. The molecule has 26 heavy (non-hydrogen) atoms. The van der Waals surface area contributed by atoms with Crippen molar-refractivity contribution >= 4 is 29.6 Å². The number of hydrogen-bond donors (Lipinski definition) is 2. The van der Waals surface area contributed by atoms with Gasteiger partial charge < -0.3 is 20.4 Å². The summed E-state index contributed by atoms with van der Waals surface area (Å²) >= 11 is 0. The highest BCUT2D eigenvalue weighted by molar-refractivity contribution is 6.64. The lowest BCUT2D eigenvalue weighted by atomic mass is 9.77. The molecule has 0 atom stereocenters. The van der Waals surface area contributed by atoms with Crippen molar-refractivity contribution in [1.82, 2.24) is 0 Å². The molecule has 0 spiro atoms. The van der Waals surface area contributed by atoms with Gasteiger partial charge in [0.2, 0.25) is 0 Å². The van der Waals surface area contributed by atoms with E-state index in [4.69, 9.17) is 15.0 Å². The van der Waals surface area contributed by atoms with Crippen LogP contribution in [0.4, 0.5) is 30.2 Å². The fraction of sp³-hybridized carbons (Fsp3) is 0.333. The van der Waals surface area contributed by atoms with Gasteiger partial charge >= 0.3 is 7.12 Å². The number of nitrogens with one attached hydrogen (secondary N) is 1. The lowest BCUT2D eigenvalue weighted by Crippen LogP contribution is -2.41. The fourth-order valence-electron chi connectivity index (χ4n) is 2.66. The molecule has 0 aliphatic carbocycles. The minimum atomic E-state index is -0.899. The van der Waals surface area contributed by atoms with Crippen molar-refractivity contribution in [3.63, 3.8) is 0 Å². The average molecular weight is 364 g/mol. The van der Waals surface area contributed by atoms with E-state index in [1.807, 2.05) is 27.7 Å². The highest BCUT2D eigenvalue weighted by atomic mass is 19.1. The van der Waals surface area contributed by atoms with E-state index >= 15 is 0 Å². The largest absolute Gasteiger partial charge is 0.497 e. The van der Waals surface area contributed by atoms with Crippen molar-refractivity contribution < 1.29 is 22.5 Å². The normalized spacial score (nSPS) is 18.2. The number of benzene rings is 2. The summed E-state index contributed by atoms with van der Waals surface area (Å²) in [6.45, 7) is 7.45. The molecule has 3 N–H and O–H groups in total. The smallest absolute Gasteiger partial charge is 0.399 e. The lowest BCUT2D eigenvalue weighted by Gasteiger charge is -2.32. The van der Waals surface area contributed by atoms with E-state index in [9.17, 15) is 13.2 Å². The third-order valence-corrected chi connectivity index (χ3v) is 4.84. The fourth-order valence-corrected chi connectivity index (χ4v) is 2.66. The van der Waals surface area contributed by atoms with E-state index in [1.165, 1.54) is 12.1 Å². The number of rotatable bonds is 3. The summed E-state index contributed by atoms with van der Waals surface area (Å²) in [7, 11) is -0.899. The first-order chi connectivity index (χ1) is 12.0. The Hall–Kier alpha value is -2.19. The highest BCUT2D eigenvalue weighted by Gasteiger charge is 2.52. The number of hydrogen-bond acceptors (Lipinski definition) is 4. The molecule has 4 nitrogen and oxygen atoms in total. The van der Waals surface area contributed by atoms with E-state index in [-0.39, 0.29) is 17.1 Å². The molecular formula is C18H20BF3N2O2. The second-order valence-corrected chi connectivity index (χ2v) is 7.30. The maximum Gasteiger partial charge on any atom is 0.497 e. The number of anilines is 3. The number of nitrogen functional groups attached to an aromatic ring is 1. The summed E-state index contributed by atoms with van der Waals surface area (Å²) in [5, 5.41) is 2.66. The monoisotopic (exact) mass is 364 g/mol. The summed E-state index contributed by atoms with van der Waals surface area (Å²) in [5.74, 6) is -2.27. The Morgan fingerprint density at radius 2 is 1.54 bits per heavy atom. The molecule has 1 aliphatic rings. The van der Waals surface area contributed by atoms with Gasteiger partial charge in [0.1, 0.15) is 17.5 Å². The van der Waals surface area contributed by atoms with Crippen molar-refractivity contribution in [3.05, 3.63) is 47.8 Å². The molecule has 1 fully saturated rings. The lowest BCUT2D eigenvalue weighted by molar-refractivity contribution is 0.00578. The molecule has 1 aliphatic heterocycles. The maximum atomic E-state index is 14.6. The standard InChI is InChI=1S/C18H20BF3N2O2/c1-17(2)18(3,4)26-19(25-17)12-8-11(23)9-14(22)16(12)24-15-6-5-10(20)7-13(15)21/h5-9,24H,23H2,1-4H3. The van der Waals surface area contributed by atoms with Crippen LogP contribution in [0.15, 0.2) is 30.3 Å². The molecule has 0 saturated carbocycles. The molecule has 0 aromatic heterocycles. The van der Waals surface area contributed by atoms with Crippen molar-refractivity contribution in [2.45, 2.75) is 38.9 Å². The molecular weight excluding hydrogens is 344 g/mol. The van der Waals surface area contributed by atoms with Gasteiger partial charge in [0, 0.05) is 17.2 Å². The quantitative estimate of drug-likeness (QED) is 0.644. The van der Waals surface area contributed by atoms with Crippen LogP contribution >= 0.6 is 0 Å². The van der Waals surface area contributed by atoms with E-state index in [1.54, 1.807) is 0 Å². The van der Waals surface area contributed by atoms with Gasteiger partial charge in [-0.25, -0.2) is 13.2 Å². The Kier molecular flexibility index (Phi) is 4.44. The maximum absolute atomic E-state index is 14.6. The van der Waals surface area contributed by atoms with Gasteiger partial charge in [0.15, 0.2) is 0 Å². The van der Waals surface area contributed by atoms with Crippen LogP contribution in [0, 0.1) is 17.5 Å². The van der Waals surface area contributed by atoms with Crippen LogP contribution in [-0.4, -0.2) is 18.3 Å². The Bertz CT molecular complexity index is 843. The van der Waals surface area contributed by atoms with Gasteiger partial charge in [0.25, 0.3) is 0 Å². The van der Waals surface area contributed by atoms with E-state index in [0.717, 1.165) is 12.1 Å². The predicted octanol–water partition coefficient (Wildman–Crippen LogP) is 3.73. The minimum Gasteiger partial charge on any atom is -0.399 e. The van der Waals surface area contributed by atoms with E-state index in [0.29, 0.717) is 11.5 Å². The Balaban J connectivity index is 2.04. The summed E-state index contributed by atoms with van der Waals surface area (Å²) in [6, 6.07) is 5.60. The van der Waals surface area contributed by atoms with Gasteiger partial charge in [0.05, 0.1) is 22.6 Å². The van der Waals surface area contributed by atoms with Gasteiger partial charge in [-0.15, -0.1) is 0 Å². The van der Waals surface area contributed by atoms with Gasteiger partial charge in [-0.2, -0.15) is 0 Å². The molecule has 1 saturated heterocycles. The van der Waals surface area contributed by atoms with Gasteiger partial charge in [-0.05, 0) is 52.0 Å². The van der Waals surface area contributed by atoms with Crippen LogP contribution < -0.4 is 16.5 Å². The van der Waals surface area contributed by atoms with Crippen molar-refractivity contribution in [3.8, 4) is 0 Å². The van der Waals surface area contributed by atoms with Crippen LogP contribution in [0.25, 0.3) is 0 Å². The summed E-state index contributed by atoms with van der Waals surface area (Å²) in [4.78, 5) is 0. The first kappa shape index (κ1) is 18.6. The zero-order chi connectivity index (χ0) is 19.3. The third-order valence-electron chi connectivity index (χ3n) is 4.84. The van der Waals surface area contributed by atoms with Crippen molar-refractivity contribution in [2.24, 2.45) is 0 Å². The highest BCUT2D eigenvalue weighted by Crippen LogP contribution is 2.37. The third kappa shape index (κ3) is 3.26. The molecule has 8 heteroatoms.